The molecule has 5 heteroatoms. The van der Waals surface area contributed by atoms with Gasteiger partial charge in [-0.3, -0.25) is 4.79 Å². The van der Waals surface area contributed by atoms with Crippen LogP contribution < -0.4 is 15.8 Å². The van der Waals surface area contributed by atoms with Gasteiger partial charge in [0.25, 0.3) is 0 Å². The molecule has 0 atom stereocenters. The molecule has 0 saturated heterocycles. The van der Waals surface area contributed by atoms with E-state index in [0.717, 1.165) is 5.69 Å². The molecule has 106 valence electrons. The summed E-state index contributed by atoms with van der Waals surface area (Å²) in [5.41, 5.74) is 8.62. The van der Waals surface area contributed by atoms with Gasteiger partial charge in [0.05, 0.1) is 24.4 Å². The molecule has 0 saturated carbocycles. The Hall–Kier alpha value is -3.00. The highest BCUT2D eigenvalue weighted by molar-refractivity contribution is 6.00. The summed E-state index contributed by atoms with van der Waals surface area (Å²) in [6.07, 6.45) is 0. The van der Waals surface area contributed by atoms with E-state index in [1.807, 2.05) is 0 Å². The van der Waals surface area contributed by atoms with E-state index in [1.165, 1.54) is 14.0 Å². The minimum absolute atomic E-state index is 0.0945. The lowest BCUT2D eigenvalue weighted by Crippen LogP contribution is -2.01. The normalized spacial score (nSPS) is 9.76. The number of Topliss-reactive ketones (excluding diaryl/α,β-unsaturated/α-hetero) is 1. The standard InChI is InChI=1S/C16H15N3O2/c1-10(20)13-8-12(4-5-14(13)18)19-15-6-3-11(9-17)7-16(15)21-2/h3-8,19H,18H2,1-2H3. The number of anilines is 3. The van der Waals surface area contributed by atoms with Gasteiger partial charge in [-0.25, -0.2) is 0 Å². The zero-order valence-electron chi connectivity index (χ0n) is 11.8. The monoisotopic (exact) mass is 281 g/mol. The van der Waals surface area contributed by atoms with Gasteiger partial charge in [-0.1, -0.05) is 0 Å². The highest BCUT2D eigenvalue weighted by Gasteiger charge is 2.08. The number of nitriles is 1. The topological polar surface area (TPSA) is 88.1 Å². The SMILES string of the molecule is COc1cc(C#N)ccc1Nc1ccc(N)c(C(C)=O)c1. The highest BCUT2D eigenvalue weighted by Crippen LogP contribution is 2.29. The van der Waals surface area contributed by atoms with E-state index in [1.54, 1.807) is 36.4 Å². The lowest BCUT2D eigenvalue weighted by atomic mass is 10.1. The highest BCUT2D eigenvalue weighted by atomic mass is 16.5. The molecule has 0 aliphatic rings. The Morgan fingerprint density at radius 1 is 1.29 bits per heavy atom. The molecule has 0 spiro atoms. The summed E-state index contributed by atoms with van der Waals surface area (Å²) in [6, 6.07) is 12.3. The van der Waals surface area contributed by atoms with Crippen molar-refractivity contribution in [1.82, 2.24) is 0 Å². The molecule has 2 aromatic rings. The van der Waals surface area contributed by atoms with Gasteiger partial charge in [0, 0.05) is 23.0 Å². The van der Waals surface area contributed by atoms with Crippen LogP contribution in [0.5, 0.6) is 5.75 Å². The van der Waals surface area contributed by atoms with Crippen LogP contribution >= 0.6 is 0 Å². The van der Waals surface area contributed by atoms with Crippen molar-refractivity contribution < 1.29 is 9.53 Å². The maximum Gasteiger partial charge on any atom is 0.161 e. The van der Waals surface area contributed by atoms with Crippen LogP contribution in [0.2, 0.25) is 0 Å². The Morgan fingerprint density at radius 3 is 2.67 bits per heavy atom. The van der Waals surface area contributed by atoms with Crippen molar-refractivity contribution in [2.75, 3.05) is 18.2 Å². The summed E-state index contributed by atoms with van der Waals surface area (Å²) in [5, 5.41) is 12.0. The first-order valence-electron chi connectivity index (χ1n) is 6.30. The summed E-state index contributed by atoms with van der Waals surface area (Å²) >= 11 is 0. The van der Waals surface area contributed by atoms with Gasteiger partial charge in [-0.2, -0.15) is 5.26 Å². The van der Waals surface area contributed by atoms with E-state index >= 15 is 0 Å². The van der Waals surface area contributed by atoms with Gasteiger partial charge in [0.2, 0.25) is 0 Å². The van der Waals surface area contributed by atoms with Crippen LogP contribution in [0, 0.1) is 11.3 Å². The van der Waals surface area contributed by atoms with Crippen LogP contribution in [-0.2, 0) is 0 Å². The first-order valence-corrected chi connectivity index (χ1v) is 6.30. The lowest BCUT2D eigenvalue weighted by Gasteiger charge is -2.12. The third kappa shape index (κ3) is 3.12. The van der Waals surface area contributed by atoms with E-state index in [0.29, 0.717) is 28.3 Å². The van der Waals surface area contributed by atoms with Crippen LogP contribution in [0.1, 0.15) is 22.8 Å². The molecule has 2 aromatic carbocycles. The van der Waals surface area contributed by atoms with Crippen LogP contribution in [0.15, 0.2) is 36.4 Å². The first kappa shape index (κ1) is 14.4. The van der Waals surface area contributed by atoms with Gasteiger partial charge >= 0.3 is 0 Å². The van der Waals surface area contributed by atoms with E-state index in [2.05, 4.69) is 11.4 Å². The second kappa shape index (κ2) is 5.97. The molecule has 0 unspecified atom stereocenters. The third-order valence-electron chi connectivity index (χ3n) is 3.04. The number of ketones is 1. The first-order chi connectivity index (χ1) is 10.0. The summed E-state index contributed by atoms with van der Waals surface area (Å²) in [7, 11) is 1.53. The molecule has 21 heavy (non-hydrogen) atoms. The number of ether oxygens (including phenoxy) is 1. The van der Waals surface area contributed by atoms with Crippen molar-refractivity contribution in [3.63, 3.8) is 0 Å². The number of nitrogens with two attached hydrogens (primary N) is 1. The molecule has 0 bridgehead atoms. The zero-order chi connectivity index (χ0) is 15.4. The van der Waals surface area contributed by atoms with E-state index in [4.69, 9.17) is 15.7 Å². The average molecular weight is 281 g/mol. The predicted molar refractivity (Wildman–Crippen MR) is 81.9 cm³/mol. The maximum atomic E-state index is 11.5. The molecule has 0 aliphatic heterocycles. The van der Waals surface area contributed by atoms with Gasteiger partial charge < -0.3 is 15.8 Å². The second-order valence-corrected chi connectivity index (χ2v) is 4.51. The summed E-state index contributed by atoms with van der Waals surface area (Å²) in [4.78, 5) is 11.5. The molecule has 0 radical (unpaired) electrons. The van der Waals surface area contributed by atoms with Crippen molar-refractivity contribution in [2.24, 2.45) is 0 Å². The van der Waals surface area contributed by atoms with Crippen LogP contribution in [0.3, 0.4) is 0 Å². The fourth-order valence-electron chi connectivity index (χ4n) is 1.96. The number of methoxy groups -OCH3 is 1. The third-order valence-corrected chi connectivity index (χ3v) is 3.04. The molecule has 3 N–H and O–H groups in total. The number of rotatable bonds is 4. The summed E-state index contributed by atoms with van der Waals surface area (Å²) in [6.45, 7) is 1.47. The van der Waals surface area contributed by atoms with Gasteiger partial charge in [0.15, 0.2) is 5.78 Å². The molecule has 0 heterocycles. The Morgan fingerprint density at radius 2 is 2.05 bits per heavy atom. The smallest absolute Gasteiger partial charge is 0.161 e. The Balaban J connectivity index is 2.37. The minimum atomic E-state index is -0.0945. The van der Waals surface area contributed by atoms with E-state index in [9.17, 15) is 4.79 Å². The van der Waals surface area contributed by atoms with Crippen molar-refractivity contribution in [2.45, 2.75) is 6.92 Å². The molecule has 0 fully saturated rings. The van der Waals surface area contributed by atoms with Gasteiger partial charge in [0.1, 0.15) is 5.75 Å². The van der Waals surface area contributed by atoms with Crippen LogP contribution in [0.25, 0.3) is 0 Å². The maximum absolute atomic E-state index is 11.5. The minimum Gasteiger partial charge on any atom is -0.495 e. The van der Waals surface area contributed by atoms with Crippen molar-refractivity contribution in [3.05, 3.63) is 47.5 Å². The van der Waals surface area contributed by atoms with Crippen molar-refractivity contribution in [3.8, 4) is 11.8 Å². The van der Waals surface area contributed by atoms with Crippen LogP contribution in [0.4, 0.5) is 17.1 Å². The predicted octanol–water partition coefficient (Wildman–Crippen LogP) is 3.10. The number of nitrogen functional groups attached to an aromatic ring is 1. The summed E-state index contributed by atoms with van der Waals surface area (Å²) in [5.74, 6) is 0.457. The number of carbonyl (C=O) groups excluding carboxylic acids is 1. The quantitative estimate of drug-likeness (QED) is 0.664. The Kier molecular flexibility index (Phi) is 4.10. The molecule has 5 nitrogen and oxygen atoms in total. The number of nitrogens with one attached hydrogen (secondary N) is 1. The number of hydrogen-bond acceptors (Lipinski definition) is 5. The zero-order valence-corrected chi connectivity index (χ0v) is 11.8. The molecule has 0 aliphatic carbocycles. The average Bonchev–Trinajstić information content (AvgIpc) is 2.49. The largest absolute Gasteiger partial charge is 0.495 e. The molecular formula is C16H15N3O2. The Bertz CT molecular complexity index is 733. The van der Waals surface area contributed by atoms with Crippen LogP contribution in [-0.4, -0.2) is 12.9 Å². The van der Waals surface area contributed by atoms with Gasteiger partial charge in [-0.05, 0) is 37.3 Å². The summed E-state index contributed by atoms with van der Waals surface area (Å²) < 4.78 is 5.26. The number of nitrogens with zero attached hydrogens (tertiary/aromatic N) is 1. The number of carbonyl (C=O) groups is 1. The fourth-order valence-corrected chi connectivity index (χ4v) is 1.96. The number of benzene rings is 2. The van der Waals surface area contributed by atoms with E-state index < -0.39 is 0 Å². The lowest BCUT2D eigenvalue weighted by molar-refractivity contribution is 0.101. The van der Waals surface area contributed by atoms with Crippen molar-refractivity contribution in [1.29, 1.82) is 5.26 Å². The Labute approximate surface area is 123 Å². The van der Waals surface area contributed by atoms with E-state index in [-0.39, 0.29) is 5.78 Å². The second-order valence-electron chi connectivity index (χ2n) is 4.51. The van der Waals surface area contributed by atoms with Gasteiger partial charge in [-0.15, -0.1) is 0 Å². The fraction of sp³-hybridized carbons (Fsp3) is 0.125. The van der Waals surface area contributed by atoms with Crippen molar-refractivity contribution >= 4 is 22.8 Å². The molecule has 2 rings (SSSR count). The molecule has 0 aromatic heterocycles. The number of hydrogen-bond donors (Lipinski definition) is 2. The molecular weight excluding hydrogens is 266 g/mol. The molecule has 0 amide bonds.